The Morgan fingerprint density at radius 3 is 1.24 bits per heavy atom. The SMILES string of the molecule is C=CC[N+](CC=C)(CCCP(=O)(OCC)OCC)CCCP(=O)(OCC)OCC. The first-order valence-electron chi connectivity index (χ1n) is 10.6. The van der Waals surface area contributed by atoms with E-state index in [-0.39, 0.29) is 0 Å². The zero-order valence-corrected chi connectivity index (χ0v) is 20.6. The topological polar surface area (TPSA) is 71.1 Å². The molecule has 0 amide bonds. The molecule has 0 spiro atoms. The summed E-state index contributed by atoms with van der Waals surface area (Å²) < 4.78 is 47.8. The molecule has 0 aromatic carbocycles. The standard InChI is InChI=1S/C20H42NO6P2/c1-7-15-21(16-8-2,17-13-19-28(22,24-9-3)25-10-4)18-14-20-29(23,26-11-5)27-12-6/h7-8H,1-2,9-20H2,3-6H3/q+1. The number of rotatable bonds is 20. The molecule has 0 fully saturated rings. The van der Waals surface area contributed by atoms with Crippen molar-refractivity contribution in [3.8, 4) is 0 Å². The first kappa shape index (κ1) is 28.7. The second-order valence-electron chi connectivity index (χ2n) is 6.78. The molecule has 0 aliphatic heterocycles. The van der Waals surface area contributed by atoms with E-state index in [1.54, 1.807) is 0 Å². The fourth-order valence-corrected chi connectivity index (χ4v) is 6.71. The van der Waals surface area contributed by atoms with Crippen LogP contribution in [-0.2, 0) is 27.2 Å². The molecule has 0 atom stereocenters. The molecule has 0 heterocycles. The quantitative estimate of drug-likeness (QED) is 0.138. The van der Waals surface area contributed by atoms with Crippen LogP contribution in [-0.4, -0.2) is 69.4 Å². The molecule has 0 aromatic heterocycles. The largest absolute Gasteiger partial charge is 0.330 e. The summed E-state index contributed by atoms with van der Waals surface area (Å²) in [5.74, 6) is 0. The molecule has 0 bridgehead atoms. The van der Waals surface area contributed by atoms with E-state index in [0.717, 1.165) is 26.2 Å². The highest BCUT2D eigenvalue weighted by Gasteiger charge is 2.30. The molecule has 0 saturated heterocycles. The molecule has 29 heavy (non-hydrogen) atoms. The molecule has 0 radical (unpaired) electrons. The zero-order chi connectivity index (χ0) is 22.2. The minimum atomic E-state index is -3.06. The van der Waals surface area contributed by atoms with E-state index in [1.165, 1.54) is 0 Å². The Bertz CT molecular complexity index is 487. The van der Waals surface area contributed by atoms with E-state index in [1.807, 2.05) is 39.8 Å². The van der Waals surface area contributed by atoms with E-state index in [0.29, 0.717) is 56.1 Å². The van der Waals surface area contributed by atoms with Gasteiger partial charge in [-0.15, -0.1) is 0 Å². The van der Waals surface area contributed by atoms with Gasteiger partial charge in [-0.05, 0) is 39.8 Å². The first-order valence-corrected chi connectivity index (χ1v) is 14.1. The summed E-state index contributed by atoms with van der Waals surface area (Å²) in [6.07, 6.45) is 5.90. The summed E-state index contributed by atoms with van der Waals surface area (Å²) in [7, 11) is -6.12. The molecule has 9 heteroatoms. The highest BCUT2D eigenvalue weighted by Crippen LogP contribution is 2.49. The molecule has 0 N–H and O–H groups in total. The predicted molar refractivity (Wildman–Crippen MR) is 121 cm³/mol. The van der Waals surface area contributed by atoms with Crippen molar-refractivity contribution >= 4 is 15.2 Å². The Balaban J connectivity index is 5.08. The van der Waals surface area contributed by atoms with Crippen molar-refractivity contribution < 1.29 is 31.7 Å². The van der Waals surface area contributed by atoms with Gasteiger partial charge in [0.05, 0.1) is 64.9 Å². The van der Waals surface area contributed by atoms with Gasteiger partial charge in [-0.25, -0.2) is 0 Å². The summed E-state index contributed by atoms with van der Waals surface area (Å²) in [6, 6.07) is 0. The maximum atomic E-state index is 12.7. The van der Waals surface area contributed by atoms with Crippen LogP contribution in [0.25, 0.3) is 0 Å². The third-order valence-electron chi connectivity index (χ3n) is 4.46. The molecule has 0 aliphatic carbocycles. The van der Waals surface area contributed by atoms with E-state index in [2.05, 4.69) is 13.2 Å². The van der Waals surface area contributed by atoms with Crippen molar-refractivity contribution in [3.05, 3.63) is 25.3 Å². The van der Waals surface area contributed by atoms with Gasteiger partial charge in [0.1, 0.15) is 0 Å². The van der Waals surface area contributed by atoms with Crippen molar-refractivity contribution in [2.24, 2.45) is 0 Å². The predicted octanol–water partition coefficient (Wildman–Crippen LogP) is 5.49. The van der Waals surface area contributed by atoms with Gasteiger partial charge < -0.3 is 22.6 Å². The second kappa shape index (κ2) is 15.5. The summed E-state index contributed by atoms with van der Waals surface area (Å²) in [4.78, 5) is 0. The van der Waals surface area contributed by atoms with E-state index >= 15 is 0 Å². The van der Waals surface area contributed by atoms with Gasteiger partial charge >= 0.3 is 15.2 Å². The molecular weight excluding hydrogens is 412 g/mol. The van der Waals surface area contributed by atoms with Gasteiger partial charge in [-0.1, -0.05) is 13.2 Å². The van der Waals surface area contributed by atoms with Gasteiger partial charge in [-0.3, -0.25) is 9.13 Å². The van der Waals surface area contributed by atoms with Crippen LogP contribution in [0.4, 0.5) is 0 Å². The van der Waals surface area contributed by atoms with Crippen LogP contribution >= 0.6 is 15.2 Å². The van der Waals surface area contributed by atoms with Crippen LogP contribution in [0.1, 0.15) is 40.5 Å². The summed E-state index contributed by atoms with van der Waals surface area (Å²) >= 11 is 0. The van der Waals surface area contributed by atoms with Crippen molar-refractivity contribution in [2.45, 2.75) is 40.5 Å². The molecule has 0 unspecified atom stereocenters. The normalized spacial score (nSPS) is 12.8. The van der Waals surface area contributed by atoms with Gasteiger partial charge in [0.25, 0.3) is 0 Å². The lowest BCUT2D eigenvalue weighted by molar-refractivity contribution is -0.917. The Morgan fingerprint density at radius 2 is 1.00 bits per heavy atom. The van der Waals surface area contributed by atoms with E-state index < -0.39 is 15.2 Å². The Kier molecular flexibility index (Phi) is 15.4. The molecule has 0 aromatic rings. The fraction of sp³-hybridized carbons (Fsp3) is 0.800. The van der Waals surface area contributed by atoms with Crippen LogP contribution in [0.3, 0.4) is 0 Å². The van der Waals surface area contributed by atoms with Gasteiger partial charge in [0.2, 0.25) is 0 Å². The molecule has 0 aliphatic rings. The van der Waals surface area contributed by atoms with Crippen LogP contribution in [0, 0.1) is 0 Å². The van der Waals surface area contributed by atoms with Gasteiger partial charge in [0.15, 0.2) is 0 Å². The highest BCUT2D eigenvalue weighted by molar-refractivity contribution is 7.54. The Morgan fingerprint density at radius 1 is 0.690 bits per heavy atom. The first-order chi connectivity index (χ1) is 13.8. The Hall–Kier alpha value is -0.260. The van der Waals surface area contributed by atoms with Crippen molar-refractivity contribution in [2.75, 3.05) is 64.9 Å². The second-order valence-corrected chi connectivity index (χ2v) is 11.1. The number of hydrogen-bond donors (Lipinski definition) is 0. The summed E-state index contributed by atoms with van der Waals surface area (Å²) in [5, 5.41) is 0. The monoisotopic (exact) mass is 454 g/mol. The molecule has 7 nitrogen and oxygen atoms in total. The highest BCUT2D eigenvalue weighted by atomic mass is 31.2. The van der Waals surface area contributed by atoms with Crippen LogP contribution in [0.15, 0.2) is 25.3 Å². The number of hydrogen-bond acceptors (Lipinski definition) is 6. The molecular formula is C20H42NO6P2+. The third kappa shape index (κ3) is 11.6. The van der Waals surface area contributed by atoms with E-state index in [9.17, 15) is 9.13 Å². The Labute approximate surface area is 178 Å². The fourth-order valence-electron chi connectivity index (χ4n) is 3.42. The average Bonchev–Trinajstić information content (AvgIpc) is 2.63. The average molecular weight is 455 g/mol. The zero-order valence-electron chi connectivity index (χ0n) is 18.8. The van der Waals surface area contributed by atoms with Gasteiger partial charge in [0, 0.05) is 12.8 Å². The molecule has 0 rings (SSSR count). The van der Waals surface area contributed by atoms with Gasteiger partial charge in [-0.2, -0.15) is 0 Å². The maximum Gasteiger partial charge on any atom is 0.330 e. The maximum absolute atomic E-state index is 12.7. The van der Waals surface area contributed by atoms with E-state index in [4.69, 9.17) is 18.1 Å². The molecule has 0 saturated carbocycles. The third-order valence-corrected chi connectivity index (χ3v) is 8.80. The number of nitrogens with zero attached hydrogens (tertiary/aromatic N) is 1. The summed E-state index contributed by atoms with van der Waals surface area (Å²) in [5.41, 5.74) is 0. The van der Waals surface area contributed by atoms with Crippen molar-refractivity contribution in [1.29, 1.82) is 0 Å². The summed E-state index contributed by atoms with van der Waals surface area (Å²) in [6.45, 7) is 19.5. The van der Waals surface area contributed by atoms with Crippen LogP contribution in [0.2, 0.25) is 0 Å². The lowest BCUT2D eigenvalue weighted by Crippen LogP contribution is -2.50. The van der Waals surface area contributed by atoms with Crippen LogP contribution in [0.5, 0.6) is 0 Å². The minimum Gasteiger partial charge on any atom is -0.317 e. The minimum absolute atomic E-state index is 0.362. The molecule has 172 valence electrons. The number of quaternary nitrogens is 1. The van der Waals surface area contributed by atoms with Crippen LogP contribution < -0.4 is 0 Å². The lowest BCUT2D eigenvalue weighted by atomic mass is 10.2. The lowest BCUT2D eigenvalue weighted by Gasteiger charge is -2.37. The van der Waals surface area contributed by atoms with Crippen molar-refractivity contribution in [1.82, 2.24) is 0 Å². The van der Waals surface area contributed by atoms with Crippen molar-refractivity contribution in [3.63, 3.8) is 0 Å². The smallest absolute Gasteiger partial charge is 0.317 e.